The zero-order chi connectivity index (χ0) is 18.4. The van der Waals surface area contributed by atoms with Gasteiger partial charge in [-0.05, 0) is 48.5 Å². The normalized spacial score (nSPS) is 11.5. The van der Waals surface area contributed by atoms with Crippen molar-refractivity contribution in [3.8, 4) is 11.5 Å². The first-order valence-electron chi connectivity index (χ1n) is 8.08. The number of nitrogens with one attached hydrogen (secondary N) is 1. The van der Waals surface area contributed by atoms with Gasteiger partial charge in [-0.3, -0.25) is 4.79 Å². The Morgan fingerprint density at radius 2 is 1.50 bits per heavy atom. The first-order valence-corrected chi connectivity index (χ1v) is 8.45. The summed E-state index contributed by atoms with van der Waals surface area (Å²) in [6.07, 6.45) is -0.791. The van der Waals surface area contributed by atoms with Crippen molar-refractivity contribution in [2.75, 3.05) is 12.4 Å². The number of carbonyl (C=O) groups excluding carboxylic acids is 1. The average Bonchev–Trinajstić information content (AvgIpc) is 2.69. The first kappa shape index (κ1) is 17.8. The molecule has 4 nitrogen and oxygen atoms in total. The summed E-state index contributed by atoms with van der Waals surface area (Å²) in [4.78, 5) is 12.8. The highest BCUT2D eigenvalue weighted by molar-refractivity contribution is 6.30. The molecular weight excluding hydrogens is 350 g/mol. The van der Waals surface area contributed by atoms with Crippen LogP contribution in [0.1, 0.15) is 11.7 Å². The van der Waals surface area contributed by atoms with Crippen LogP contribution in [0.2, 0.25) is 5.02 Å². The second kappa shape index (κ2) is 8.41. The lowest BCUT2D eigenvalue weighted by molar-refractivity contribution is -0.123. The molecule has 1 atom stereocenters. The van der Waals surface area contributed by atoms with Crippen molar-refractivity contribution in [3.05, 3.63) is 89.4 Å². The zero-order valence-electron chi connectivity index (χ0n) is 14.2. The van der Waals surface area contributed by atoms with Gasteiger partial charge in [-0.15, -0.1) is 0 Å². The molecule has 0 heterocycles. The van der Waals surface area contributed by atoms with Gasteiger partial charge in [0.15, 0.2) is 0 Å². The highest BCUT2D eigenvalue weighted by atomic mass is 35.5. The monoisotopic (exact) mass is 367 g/mol. The molecule has 132 valence electrons. The maximum atomic E-state index is 12.8. The fraction of sp³-hybridized carbons (Fsp3) is 0.0952. The number of halogens is 1. The minimum atomic E-state index is -0.791. The summed E-state index contributed by atoms with van der Waals surface area (Å²) in [5.41, 5.74) is 1.41. The topological polar surface area (TPSA) is 47.6 Å². The Balaban J connectivity index is 1.82. The molecule has 3 aromatic rings. The van der Waals surface area contributed by atoms with E-state index in [-0.39, 0.29) is 5.91 Å². The molecule has 1 amide bonds. The number of hydrogen-bond acceptors (Lipinski definition) is 3. The van der Waals surface area contributed by atoms with Crippen molar-refractivity contribution in [1.29, 1.82) is 0 Å². The maximum Gasteiger partial charge on any atom is 0.270 e. The molecule has 0 unspecified atom stereocenters. The van der Waals surface area contributed by atoms with Crippen LogP contribution in [0.15, 0.2) is 78.9 Å². The van der Waals surface area contributed by atoms with Crippen LogP contribution in [0, 0.1) is 0 Å². The van der Waals surface area contributed by atoms with Gasteiger partial charge in [0.25, 0.3) is 5.91 Å². The summed E-state index contributed by atoms with van der Waals surface area (Å²) in [6.45, 7) is 0. The van der Waals surface area contributed by atoms with Crippen molar-refractivity contribution in [2.24, 2.45) is 0 Å². The van der Waals surface area contributed by atoms with Gasteiger partial charge >= 0.3 is 0 Å². The molecule has 0 aromatic heterocycles. The van der Waals surface area contributed by atoms with E-state index in [2.05, 4.69) is 5.32 Å². The summed E-state index contributed by atoms with van der Waals surface area (Å²) in [7, 11) is 1.60. The second-order valence-corrected chi connectivity index (χ2v) is 6.02. The molecule has 0 spiro atoms. The Morgan fingerprint density at radius 1 is 0.885 bits per heavy atom. The number of rotatable bonds is 6. The van der Waals surface area contributed by atoms with Crippen LogP contribution in [0.3, 0.4) is 0 Å². The van der Waals surface area contributed by atoms with Crippen LogP contribution >= 0.6 is 11.6 Å². The molecule has 0 radical (unpaired) electrons. The van der Waals surface area contributed by atoms with Gasteiger partial charge in [0.05, 0.1) is 7.11 Å². The van der Waals surface area contributed by atoms with Crippen LogP contribution in [-0.4, -0.2) is 13.0 Å². The van der Waals surface area contributed by atoms with E-state index >= 15 is 0 Å². The summed E-state index contributed by atoms with van der Waals surface area (Å²) >= 11 is 5.89. The van der Waals surface area contributed by atoms with Crippen molar-refractivity contribution >= 4 is 23.2 Å². The third-order valence-corrected chi connectivity index (χ3v) is 4.02. The van der Waals surface area contributed by atoms with Gasteiger partial charge in [-0.2, -0.15) is 0 Å². The fourth-order valence-electron chi connectivity index (χ4n) is 2.43. The molecule has 0 saturated carbocycles. The van der Waals surface area contributed by atoms with Crippen molar-refractivity contribution < 1.29 is 14.3 Å². The van der Waals surface area contributed by atoms with Gasteiger partial charge in [-0.1, -0.05) is 41.9 Å². The zero-order valence-corrected chi connectivity index (χ0v) is 14.9. The number of carbonyl (C=O) groups is 1. The van der Waals surface area contributed by atoms with Crippen molar-refractivity contribution in [2.45, 2.75) is 6.10 Å². The summed E-state index contributed by atoms with van der Waals surface area (Å²) in [6, 6.07) is 23.4. The van der Waals surface area contributed by atoms with E-state index in [4.69, 9.17) is 21.1 Å². The molecule has 3 rings (SSSR count). The van der Waals surface area contributed by atoms with E-state index < -0.39 is 6.10 Å². The molecule has 0 saturated heterocycles. The lowest BCUT2D eigenvalue weighted by atomic mass is 10.1. The number of methoxy groups -OCH3 is 1. The van der Waals surface area contributed by atoms with Gasteiger partial charge in [0, 0.05) is 16.3 Å². The van der Waals surface area contributed by atoms with E-state index in [9.17, 15) is 4.79 Å². The Labute approximate surface area is 157 Å². The maximum absolute atomic E-state index is 12.8. The van der Waals surface area contributed by atoms with Crippen molar-refractivity contribution in [1.82, 2.24) is 0 Å². The van der Waals surface area contributed by atoms with Gasteiger partial charge in [-0.25, -0.2) is 0 Å². The average molecular weight is 368 g/mol. The SMILES string of the molecule is COc1ccc(O[C@H](C(=O)Nc2ccc(Cl)cc2)c2ccccc2)cc1. The predicted molar refractivity (Wildman–Crippen MR) is 103 cm³/mol. The van der Waals surface area contributed by atoms with Crippen LogP contribution in [0.5, 0.6) is 11.5 Å². The number of benzene rings is 3. The first-order chi connectivity index (χ1) is 12.7. The molecule has 1 N–H and O–H groups in total. The van der Waals surface area contributed by atoms with E-state index in [1.165, 1.54) is 0 Å². The Kier molecular flexibility index (Phi) is 5.77. The number of ether oxygens (including phenoxy) is 2. The lowest BCUT2D eigenvalue weighted by Gasteiger charge is -2.19. The van der Waals surface area contributed by atoms with Crippen LogP contribution < -0.4 is 14.8 Å². The molecule has 0 aliphatic rings. The van der Waals surface area contributed by atoms with Gasteiger partial charge in [0.1, 0.15) is 11.5 Å². The summed E-state index contributed by atoms with van der Waals surface area (Å²) in [5.74, 6) is 1.03. The summed E-state index contributed by atoms with van der Waals surface area (Å²) < 4.78 is 11.1. The largest absolute Gasteiger partial charge is 0.497 e. The Bertz CT molecular complexity index is 849. The molecule has 0 aliphatic heterocycles. The standard InChI is InChI=1S/C21H18ClNO3/c1-25-18-11-13-19(14-12-18)26-20(15-5-3-2-4-6-15)21(24)23-17-9-7-16(22)8-10-17/h2-14,20H,1H3,(H,23,24)/t20-/m0/s1. The van der Waals surface area contributed by atoms with E-state index in [0.29, 0.717) is 16.5 Å². The number of amides is 1. The molecule has 3 aromatic carbocycles. The number of anilines is 1. The highest BCUT2D eigenvalue weighted by Gasteiger charge is 2.23. The second-order valence-electron chi connectivity index (χ2n) is 5.58. The van der Waals surface area contributed by atoms with Crippen LogP contribution in [0.25, 0.3) is 0 Å². The molecule has 0 fully saturated rings. The molecule has 5 heteroatoms. The van der Waals surface area contributed by atoms with Gasteiger partial charge < -0.3 is 14.8 Å². The van der Waals surface area contributed by atoms with E-state index in [1.807, 2.05) is 30.3 Å². The van der Waals surface area contributed by atoms with Crippen LogP contribution in [0.4, 0.5) is 5.69 Å². The fourth-order valence-corrected chi connectivity index (χ4v) is 2.56. The minimum Gasteiger partial charge on any atom is -0.497 e. The van der Waals surface area contributed by atoms with E-state index in [1.54, 1.807) is 55.6 Å². The van der Waals surface area contributed by atoms with Gasteiger partial charge in [0.2, 0.25) is 6.10 Å². The van der Waals surface area contributed by atoms with Crippen LogP contribution in [-0.2, 0) is 4.79 Å². The third kappa shape index (κ3) is 4.55. The smallest absolute Gasteiger partial charge is 0.270 e. The molecular formula is C21H18ClNO3. The predicted octanol–water partition coefficient (Wildman–Crippen LogP) is 5.11. The minimum absolute atomic E-state index is 0.269. The third-order valence-electron chi connectivity index (χ3n) is 3.77. The molecule has 26 heavy (non-hydrogen) atoms. The van der Waals surface area contributed by atoms with E-state index in [0.717, 1.165) is 11.3 Å². The lowest BCUT2D eigenvalue weighted by Crippen LogP contribution is -2.25. The molecule has 0 aliphatic carbocycles. The quantitative estimate of drug-likeness (QED) is 0.658. The highest BCUT2D eigenvalue weighted by Crippen LogP contribution is 2.26. The Hall–Kier alpha value is -2.98. The molecule has 0 bridgehead atoms. The Morgan fingerprint density at radius 3 is 2.12 bits per heavy atom. The van der Waals surface area contributed by atoms with Crippen molar-refractivity contribution in [3.63, 3.8) is 0 Å². The number of hydrogen-bond donors (Lipinski definition) is 1. The summed E-state index contributed by atoms with van der Waals surface area (Å²) in [5, 5.41) is 3.47.